The number of nitrogens with one attached hydrogen (secondary N) is 1. The quantitative estimate of drug-likeness (QED) is 0.190. The second-order valence-electron chi connectivity index (χ2n) is 8.05. The molecule has 0 aliphatic carbocycles. The Morgan fingerprint density at radius 3 is 1.66 bits per heavy atom. The van der Waals surface area contributed by atoms with E-state index in [0.29, 0.717) is 6.54 Å². The third-order valence-electron chi connectivity index (χ3n) is 5.24. The summed E-state index contributed by atoms with van der Waals surface area (Å²) >= 11 is 5.98. The molecule has 3 aromatic carbocycles. The number of carboxylic acids is 1. The lowest BCUT2D eigenvalue weighted by molar-refractivity contribution is -0.173. The van der Waals surface area contributed by atoms with Crippen molar-refractivity contribution in [3.05, 3.63) is 108 Å². The zero-order chi connectivity index (χ0) is 27.3. The summed E-state index contributed by atoms with van der Waals surface area (Å²) in [6, 6.07) is 24.7. The number of carbonyl (C=O) groups excluding carboxylic acids is 3. The smallest absolute Gasteiger partial charge is 0.352 e. The summed E-state index contributed by atoms with van der Waals surface area (Å²) in [6.07, 6.45) is -5.19. The minimum absolute atomic E-state index is 0.0454. The number of carboxylic acid groups (broad SMARTS) is 1. The minimum atomic E-state index is -2.18. The topological polar surface area (TPSA) is 128 Å². The van der Waals surface area contributed by atoms with Crippen molar-refractivity contribution in [2.24, 2.45) is 0 Å². The molecule has 0 amide bonds. The van der Waals surface area contributed by atoms with Gasteiger partial charge in [-0.1, -0.05) is 66.7 Å². The highest BCUT2D eigenvalue weighted by Crippen LogP contribution is 2.16. The molecule has 0 aliphatic heterocycles. The highest BCUT2D eigenvalue weighted by molar-refractivity contribution is 6.18. The molecule has 0 spiro atoms. The molecule has 0 unspecified atom stereocenters. The molecule has 3 rings (SSSR count). The monoisotopic (exact) mass is 539 g/mol. The number of benzene rings is 3. The zero-order valence-electron chi connectivity index (χ0n) is 20.2. The van der Waals surface area contributed by atoms with Crippen LogP contribution in [-0.4, -0.2) is 59.7 Å². The van der Waals surface area contributed by atoms with Gasteiger partial charge in [-0.3, -0.25) is 0 Å². The average molecular weight is 540 g/mol. The predicted molar refractivity (Wildman–Crippen MR) is 138 cm³/mol. The number of rotatable bonds is 13. The first-order valence-corrected chi connectivity index (χ1v) is 12.2. The fourth-order valence-corrected chi connectivity index (χ4v) is 3.49. The van der Waals surface area contributed by atoms with Crippen molar-refractivity contribution in [3.8, 4) is 0 Å². The summed E-state index contributed by atoms with van der Waals surface area (Å²) < 4.78 is 15.7. The first-order chi connectivity index (χ1) is 18.4. The fraction of sp³-hybridized carbons (Fsp3) is 0.214. The van der Waals surface area contributed by atoms with Crippen LogP contribution in [-0.2, 0) is 30.3 Å². The molecule has 9 nitrogen and oxygen atoms in total. The lowest BCUT2D eigenvalue weighted by Crippen LogP contribution is -2.48. The molecule has 0 heterocycles. The number of alkyl halides is 1. The van der Waals surface area contributed by atoms with E-state index >= 15 is 0 Å². The van der Waals surface area contributed by atoms with Crippen LogP contribution < -0.4 is 5.32 Å². The first kappa shape index (κ1) is 28.4. The summed E-state index contributed by atoms with van der Waals surface area (Å²) in [5, 5.41) is 12.9. The zero-order valence-corrected chi connectivity index (χ0v) is 21.0. The summed E-state index contributed by atoms with van der Waals surface area (Å²) in [4.78, 5) is 50.5. The van der Waals surface area contributed by atoms with Crippen molar-refractivity contribution in [2.75, 3.05) is 12.4 Å². The lowest BCUT2D eigenvalue weighted by atomic mass is 10.1. The van der Waals surface area contributed by atoms with Crippen LogP contribution in [0.15, 0.2) is 91.0 Å². The van der Waals surface area contributed by atoms with Crippen LogP contribution in [0.1, 0.15) is 26.3 Å². The third-order valence-corrected chi connectivity index (χ3v) is 5.58. The molecular weight excluding hydrogens is 514 g/mol. The second-order valence-corrected chi connectivity index (χ2v) is 8.36. The molecule has 198 valence electrons. The molecule has 0 saturated carbocycles. The molecular formula is C28H26ClNO8. The van der Waals surface area contributed by atoms with Crippen molar-refractivity contribution >= 4 is 35.5 Å². The fourth-order valence-electron chi connectivity index (χ4n) is 3.32. The van der Waals surface area contributed by atoms with Crippen LogP contribution in [0.5, 0.6) is 0 Å². The Balaban J connectivity index is 1.77. The van der Waals surface area contributed by atoms with Gasteiger partial charge in [0.05, 0.1) is 17.0 Å². The molecule has 10 heteroatoms. The van der Waals surface area contributed by atoms with Crippen LogP contribution in [0.2, 0.25) is 0 Å². The van der Waals surface area contributed by atoms with Gasteiger partial charge < -0.3 is 24.6 Å². The summed E-state index contributed by atoms with van der Waals surface area (Å²) in [5.41, 5.74) is 1.09. The Labute approximate surface area is 224 Å². The number of carbonyl (C=O) groups is 4. The molecule has 2 N–H and O–H groups in total. The number of ether oxygens (including phenoxy) is 3. The molecule has 0 saturated heterocycles. The minimum Gasteiger partial charge on any atom is -0.478 e. The van der Waals surface area contributed by atoms with Crippen molar-refractivity contribution in [1.82, 2.24) is 5.32 Å². The molecule has 0 radical (unpaired) electrons. The van der Waals surface area contributed by atoms with E-state index in [0.717, 1.165) is 5.56 Å². The number of aliphatic carboxylic acids is 1. The van der Waals surface area contributed by atoms with Gasteiger partial charge in [0.15, 0.2) is 0 Å². The molecule has 0 bridgehead atoms. The van der Waals surface area contributed by atoms with Crippen LogP contribution in [0.3, 0.4) is 0 Å². The van der Waals surface area contributed by atoms with Crippen molar-refractivity contribution < 1.29 is 38.5 Å². The predicted octanol–water partition coefficient (Wildman–Crippen LogP) is 3.46. The van der Waals surface area contributed by atoms with E-state index < -0.39 is 42.2 Å². The molecule has 3 aromatic rings. The third kappa shape index (κ3) is 8.43. The SMILES string of the molecule is O=C(O[C@@H](C(=O)O)[C@@H](OC(=O)c1ccccc1)C(=O)O[C@@H](CCl)CNCc1ccccc1)c1ccccc1. The van der Waals surface area contributed by atoms with Gasteiger partial charge in [-0.25, -0.2) is 19.2 Å². The standard InChI is InChI=1S/C28H26ClNO8/c29-16-22(18-30-17-19-10-4-1-5-11-19)36-28(35)24(38-27(34)21-14-8-3-9-15-21)23(25(31)32)37-26(33)20-12-6-2-7-13-20/h1-15,22-24,30H,16-18H2,(H,31,32)/t22-,23+,24+/m0/s1. The number of hydrogen-bond acceptors (Lipinski definition) is 8. The van der Waals surface area contributed by atoms with E-state index in [2.05, 4.69) is 5.32 Å². The van der Waals surface area contributed by atoms with Crippen molar-refractivity contribution in [2.45, 2.75) is 24.9 Å². The van der Waals surface area contributed by atoms with Gasteiger partial charge in [0.1, 0.15) is 6.10 Å². The van der Waals surface area contributed by atoms with Gasteiger partial charge in [0.25, 0.3) is 0 Å². The highest BCUT2D eigenvalue weighted by Gasteiger charge is 2.42. The Bertz CT molecular complexity index is 1210. The van der Waals surface area contributed by atoms with Crippen LogP contribution in [0, 0.1) is 0 Å². The van der Waals surface area contributed by atoms with Crippen molar-refractivity contribution in [3.63, 3.8) is 0 Å². The van der Waals surface area contributed by atoms with Crippen molar-refractivity contribution in [1.29, 1.82) is 0 Å². The van der Waals surface area contributed by atoms with E-state index in [1.807, 2.05) is 30.3 Å². The number of halogens is 1. The molecule has 38 heavy (non-hydrogen) atoms. The van der Waals surface area contributed by atoms with Crippen LogP contribution >= 0.6 is 11.6 Å². The van der Waals surface area contributed by atoms with Crippen LogP contribution in [0.4, 0.5) is 0 Å². The van der Waals surface area contributed by atoms with E-state index in [1.54, 1.807) is 36.4 Å². The van der Waals surface area contributed by atoms with Gasteiger partial charge in [-0.2, -0.15) is 0 Å². The maximum Gasteiger partial charge on any atom is 0.352 e. The van der Waals surface area contributed by atoms with E-state index in [-0.39, 0.29) is 23.6 Å². The molecule has 0 aliphatic rings. The molecule has 3 atom stereocenters. The van der Waals surface area contributed by atoms with Gasteiger partial charge in [0, 0.05) is 13.1 Å². The average Bonchev–Trinajstić information content (AvgIpc) is 2.95. The summed E-state index contributed by atoms with van der Waals surface area (Å²) in [7, 11) is 0. The Morgan fingerprint density at radius 2 is 1.18 bits per heavy atom. The van der Waals surface area contributed by atoms with Gasteiger partial charge in [0.2, 0.25) is 12.2 Å². The van der Waals surface area contributed by atoms with Gasteiger partial charge >= 0.3 is 23.9 Å². The van der Waals surface area contributed by atoms with E-state index in [1.165, 1.54) is 24.3 Å². The number of hydrogen-bond donors (Lipinski definition) is 2. The normalized spacial score (nSPS) is 13.0. The Morgan fingerprint density at radius 1 is 0.711 bits per heavy atom. The lowest BCUT2D eigenvalue weighted by Gasteiger charge is -2.25. The Hall–Kier alpha value is -4.21. The van der Waals surface area contributed by atoms with Crippen LogP contribution in [0.25, 0.3) is 0 Å². The number of esters is 3. The first-order valence-electron chi connectivity index (χ1n) is 11.6. The molecule has 0 aromatic heterocycles. The summed E-state index contributed by atoms with van der Waals surface area (Å²) in [6.45, 7) is 0.593. The second kappa shape index (κ2) is 14.5. The maximum absolute atomic E-state index is 13.1. The summed E-state index contributed by atoms with van der Waals surface area (Å²) in [5.74, 6) is -5.09. The Kier molecular flexibility index (Phi) is 10.8. The molecule has 0 fully saturated rings. The largest absolute Gasteiger partial charge is 0.478 e. The maximum atomic E-state index is 13.1. The van der Waals surface area contributed by atoms with E-state index in [4.69, 9.17) is 25.8 Å². The van der Waals surface area contributed by atoms with Gasteiger partial charge in [-0.05, 0) is 29.8 Å². The van der Waals surface area contributed by atoms with Gasteiger partial charge in [-0.15, -0.1) is 11.6 Å². The highest BCUT2D eigenvalue weighted by atomic mass is 35.5. The van der Waals surface area contributed by atoms with E-state index in [9.17, 15) is 24.3 Å².